The summed E-state index contributed by atoms with van der Waals surface area (Å²) in [5, 5.41) is 2.14. The minimum Gasteiger partial charge on any atom is -0.459 e. The SMILES string of the molecule is CC[C@@H]1CSC2=N[C@H](c3ccccn3)[C@H](c3ccc(-c4ccc(Cl)c(Cl)c4)o3)N21. The highest BCUT2D eigenvalue weighted by atomic mass is 35.5. The molecule has 0 amide bonds. The van der Waals surface area contributed by atoms with Crippen LogP contribution in [0, 0.1) is 0 Å². The molecule has 0 aliphatic carbocycles. The third-order valence-corrected chi connectivity index (χ3v) is 7.32. The number of hydrogen-bond acceptors (Lipinski definition) is 5. The first-order chi connectivity index (χ1) is 14.2. The van der Waals surface area contributed by atoms with Crippen LogP contribution < -0.4 is 0 Å². The van der Waals surface area contributed by atoms with E-state index in [1.165, 1.54) is 0 Å². The first-order valence-corrected chi connectivity index (χ1v) is 11.3. The van der Waals surface area contributed by atoms with Crippen LogP contribution in [0.1, 0.15) is 36.9 Å². The number of fused-ring (bicyclic) bond motifs is 1. The quantitative estimate of drug-likeness (QED) is 0.453. The first-order valence-electron chi connectivity index (χ1n) is 9.60. The molecule has 2 aromatic heterocycles. The second-order valence-electron chi connectivity index (χ2n) is 7.17. The Bertz CT molecular complexity index is 1070. The van der Waals surface area contributed by atoms with Crippen LogP contribution in [0.25, 0.3) is 11.3 Å². The number of benzene rings is 1. The van der Waals surface area contributed by atoms with Gasteiger partial charge in [-0.3, -0.25) is 4.98 Å². The van der Waals surface area contributed by atoms with Gasteiger partial charge in [0.25, 0.3) is 0 Å². The van der Waals surface area contributed by atoms with E-state index in [1.54, 1.807) is 6.07 Å². The molecule has 0 N–H and O–H groups in total. The maximum Gasteiger partial charge on any atom is 0.161 e. The van der Waals surface area contributed by atoms with E-state index < -0.39 is 0 Å². The van der Waals surface area contributed by atoms with E-state index in [-0.39, 0.29) is 12.1 Å². The number of halogens is 2. The summed E-state index contributed by atoms with van der Waals surface area (Å²) < 4.78 is 6.35. The van der Waals surface area contributed by atoms with Crippen LogP contribution >= 0.6 is 35.0 Å². The van der Waals surface area contributed by atoms with Crippen molar-refractivity contribution in [3.8, 4) is 11.3 Å². The summed E-state index contributed by atoms with van der Waals surface area (Å²) in [6.45, 7) is 2.22. The lowest BCUT2D eigenvalue weighted by Crippen LogP contribution is -2.35. The van der Waals surface area contributed by atoms with Crippen LogP contribution in [0.5, 0.6) is 0 Å². The zero-order valence-corrected chi connectivity index (χ0v) is 18.1. The molecule has 0 saturated carbocycles. The topological polar surface area (TPSA) is 41.6 Å². The Balaban J connectivity index is 1.55. The van der Waals surface area contributed by atoms with Crippen molar-refractivity contribution in [3.05, 3.63) is 76.2 Å². The highest BCUT2D eigenvalue weighted by molar-refractivity contribution is 8.14. The Morgan fingerprint density at radius 3 is 2.79 bits per heavy atom. The number of thioether (sulfide) groups is 1. The summed E-state index contributed by atoms with van der Waals surface area (Å²) in [6, 6.07) is 15.9. The Morgan fingerprint density at radius 1 is 1.14 bits per heavy atom. The molecule has 1 aromatic carbocycles. The number of pyridine rings is 1. The molecule has 148 valence electrons. The lowest BCUT2D eigenvalue weighted by Gasteiger charge is -2.30. The molecule has 2 aliphatic heterocycles. The van der Waals surface area contributed by atoms with Gasteiger partial charge in [0.15, 0.2) is 5.17 Å². The van der Waals surface area contributed by atoms with Gasteiger partial charge in [0.1, 0.15) is 23.6 Å². The summed E-state index contributed by atoms with van der Waals surface area (Å²) in [5.74, 6) is 2.72. The molecule has 0 spiro atoms. The molecule has 7 heteroatoms. The molecular weight excluding hydrogens is 425 g/mol. The van der Waals surface area contributed by atoms with E-state index in [9.17, 15) is 0 Å². The maximum absolute atomic E-state index is 6.35. The van der Waals surface area contributed by atoms with Crippen molar-refractivity contribution in [2.75, 3.05) is 5.75 Å². The van der Waals surface area contributed by atoms with E-state index in [2.05, 4.69) is 16.8 Å². The molecule has 0 bridgehead atoms. The Hall–Kier alpha value is -1.95. The van der Waals surface area contributed by atoms with Crippen LogP contribution in [0.15, 0.2) is 64.1 Å². The van der Waals surface area contributed by atoms with E-state index in [4.69, 9.17) is 32.6 Å². The predicted octanol–water partition coefficient (Wildman–Crippen LogP) is 6.63. The highest BCUT2D eigenvalue weighted by Crippen LogP contribution is 2.49. The molecule has 0 unspecified atom stereocenters. The predicted molar refractivity (Wildman–Crippen MR) is 120 cm³/mol. The fraction of sp³-hybridized carbons (Fsp3) is 0.273. The molecule has 3 aromatic rings. The van der Waals surface area contributed by atoms with E-state index in [0.29, 0.717) is 16.1 Å². The average Bonchev–Trinajstić information content (AvgIpc) is 3.45. The monoisotopic (exact) mass is 443 g/mol. The van der Waals surface area contributed by atoms with Crippen molar-refractivity contribution >= 4 is 40.1 Å². The lowest BCUT2D eigenvalue weighted by atomic mass is 10.0. The number of aromatic nitrogens is 1. The van der Waals surface area contributed by atoms with E-state index in [0.717, 1.165) is 40.1 Å². The lowest BCUT2D eigenvalue weighted by molar-refractivity contribution is 0.226. The van der Waals surface area contributed by atoms with Gasteiger partial charge < -0.3 is 9.32 Å². The fourth-order valence-electron chi connectivity index (χ4n) is 3.98. The van der Waals surface area contributed by atoms with Gasteiger partial charge >= 0.3 is 0 Å². The molecule has 1 saturated heterocycles. The van der Waals surface area contributed by atoms with E-state index in [1.807, 2.05) is 60.4 Å². The van der Waals surface area contributed by atoms with Crippen LogP contribution in [0.3, 0.4) is 0 Å². The first kappa shape index (κ1) is 19.0. The Morgan fingerprint density at radius 2 is 2.03 bits per heavy atom. The number of rotatable bonds is 4. The molecule has 29 heavy (non-hydrogen) atoms. The molecule has 1 fully saturated rings. The van der Waals surface area contributed by atoms with Crippen molar-refractivity contribution in [3.63, 3.8) is 0 Å². The largest absolute Gasteiger partial charge is 0.459 e. The van der Waals surface area contributed by atoms with Gasteiger partial charge in [0.05, 0.1) is 15.7 Å². The number of hydrogen-bond donors (Lipinski definition) is 0. The third kappa shape index (κ3) is 3.35. The fourth-order valence-corrected chi connectivity index (χ4v) is 5.61. The van der Waals surface area contributed by atoms with Crippen molar-refractivity contribution < 1.29 is 4.42 Å². The third-order valence-electron chi connectivity index (χ3n) is 5.45. The van der Waals surface area contributed by atoms with Gasteiger partial charge in [-0.25, -0.2) is 4.99 Å². The zero-order valence-electron chi connectivity index (χ0n) is 15.8. The Labute approximate surface area is 183 Å². The standard InChI is InChI=1S/C22H19Cl2N3OS/c1-2-14-12-29-22-26-20(17-5-3-4-10-25-17)21(27(14)22)19-9-8-18(28-19)13-6-7-15(23)16(24)11-13/h3-11,14,20-21H,2,12H2,1H3/t14-,20-,21+/m1/s1. The summed E-state index contributed by atoms with van der Waals surface area (Å²) in [7, 11) is 0. The average molecular weight is 444 g/mol. The summed E-state index contributed by atoms with van der Waals surface area (Å²) in [4.78, 5) is 12.0. The van der Waals surface area contributed by atoms with Gasteiger partial charge in [0.2, 0.25) is 0 Å². The van der Waals surface area contributed by atoms with Crippen LogP contribution in [-0.2, 0) is 0 Å². The van der Waals surface area contributed by atoms with Crippen molar-refractivity contribution in [2.24, 2.45) is 4.99 Å². The van der Waals surface area contributed by atoms with Gasteiger partial charge in [-0.2, -0.15) is 0 Å². The molecule has 5 rings (SSSR count). The van der Waals surface area contributed by atoms with Gasteiger partial charge in [-0.15, -0.1) is 0 Å². The summed E-state index contributed by atoms with van der Waals surface area (Å²) in [5.41, 5.74) is 1.87. The summed E-state index contributed by atoms with van der Waals surface area (Å²) in [6.07, 6.45) is 2.89. The Kier molecular flexibility index (Phi) is 5.06. The van der Waals surface area contributed by atoms with Gasteiger partial charge in [-0.1, -0.05) is 48.0 Å². The summed E-state index contributed by atoms with van der Waals surface area (Å²) >= 11 is 14.1. The minimum atomic E-state index is -0.0825. The molecular formula is C22H19Cl2N3OS. The van der Waals surface area contributed by atoms with Crippen molar-refractivity contribution in [1.29, 1.82) is 0 Å². The van der Waals surface area contributed by atoms with Crippen LogP contribution in [0.4, 0.5) is 0 Å². The smallest absolute Gasteiger partial charge is 0.161 e. The highest BCUT2D eigenvalue weighted by Gasteiger charge is 2.46. The molecule has 2 aliphatic rings. The van der Waals surface area contributed by atoms with Gasteiger partial charge in [-0.05, 0) is 48.9 Å². The van der Waals surface area contributed by atoms with Crippen molar-refractivity contribution in [1.82, 2.24) is 9.88 Å². The number of nitrogens with zero attached hydrogens (tertiary/aromatic N) is 3. The molecule has 0 radical (unpaired) electrons. The zero-order chi connectivity index (χ0) is 20.0. The molecule has 4 nitrogen and oxygen atoms in total. The number of aliphatic imine (C=N–C) groups is 1. The number of furan rings is 1. The minimum absolute atomic E-state index is 0.00336. The van der Waals surface area contributed by atoms with Crippen molar-refractivity contribution in [2.45, 2.75) is 31.5 Å². The van der Waals surface area contributed by atoms with Gasteiger partial charge in [0, 0.05) is 23.6 Å². The second kappa shape index (κ2) is 7.71. The normalized spacial score (nSPS) is 23.3. The molecule has 4 heterocycles. The second-order valence-corrected chi connectivity index (χ2v) is 8.97. The van der Waals surface area contributed by atoms with Crippen LogP contribution in [0.2, 0.25) is 10.0 Å². The molecule has 3 atom stereocenters. The maximum atomic E-state index is 6.35. The van der Waals surface area contributed by atoms with E-state index >= 15 is 0 Å². The van der Waals surface area contributed by atoms with Crippen LogP contribution in [-0.4, -0.2) is 26.8 Å². The number of amidine groups is 1.